The highest BCUT2D eigenvalue weighted by Gasteiger charge is 2.13. The van der Waals surface area contributed by atoms with Crippen molar-refractivity contribution in [2.24, 2.45) is 0 Å². The van der Waals surface area contributed by atoms with Crippen LogP contribution in [0.5, 0.6) is 0 Å². The van der Waals surface area contributed by atoms with E-state index in [2.05, 4.69) is 22.2 Å². The summed E-state index contributed by atoms with van der Waals surface area (Å²) in [7, 11) is -1.18. The van der Waals surface area contributed by atoms with E-state index in [0.29, 0.717) is 18.0 Å². The van der Waals surface area contributed by atoms with Crippen molar-refractivity contribution in [3.8, 4) is 0 Å². The highest BCUT2D eigenvalue weighted by molar-refractivity contribution is 7.90. The van der Waals surface area contributed by atoms with Gasteiger partial charge in [0.2, 0.25) is 0 Å². The van der Waals surface area contributed by atoms with Crippen LogP contribution >= 0.6 is 0 Å². The van der Waals surface area contributed by atoms with E-state index in [9.17, 15) is 8.42 Å². The second kappa shape index (κ2) is 6.30. The van der Waals surface area contributed by atoms with Gasteiger partial charge in [-0.15, -0.1) is 0 Å². The molecule has 116 valence electrons. The molecule has 0 spiro atoms. The van der Waals surface area contributed by atoms with Gasteiger partial charge in [0.1, 0.15) is 15.7 Å². The number of nitrogens with zero attached hydrogens (tertiary/aromatic N) is 4. The van der Waals surface area contributed by atoms with Gasteiger partial charge in [-0.25, -0.2) is 18.4 Å². The number of imidazole rings is 1. The molecule has 0 aliphatic carbocycles. The smallest absolute Gasteiger partial charge is 0.180 e. The molecule has 0 saturated heterocycles. The second-order valence-corrected chi connectivity index (χ2v) is 7.35. The number of hydrogen-bond acceptors (Lipinski definition) is 6. The predicted octanol–water partition coefficient (Wildman–Crippen LogP) is 1.03. The summed E-state index contributed by atoms with van der Waals surface area (Å²) < 4.78 is 24.5. The lowest BCUT2D eigenvalue weighted by Gasteiger charge is -2.19. The summed E-state index contributed by atoms with van der Waals surface area (Å²) in [4.78, 5) is 10.7. The van der Waals surface area contributed by atoms with Gasteiger partial charge in [-0.1, -0.05) is 6.92 Å². The third kappa shape index (κ3) is 4.07. The summed E-state index contributed by atoms with van der Waals surface area (Å²) in [6, 6.07) is 0. The molecular formula is C13H21N5O2S. The lowest BCUT2D eigenvalue weighted by atomic mass is 10.4. The van der Waals surface area contributed by atoms with Gasteiger partial charge >= 0.3 is 0 Å². The molecule has 0 saturated carbocycles. The molecule has 1 N–H and O–H groups in total. The number of anilines is 2. The molecule has 2 rings (SSSR count). The highest BCUT2D eigenvalue weighted by Crippen LogP contribution is 2.19. The molecule has 8 heteroatoms. The van der Waals surface area contributed by atoms with Gasteiger partial charge in [-0.2, -0.15) is 0 Å². The van der Waals surface area contributed by atoms with E-state index in [1.807, 2.05) is 28.7 Å². The predicted molar refractivity (Wildman–Crippen MR) is 84.7 cm³/mol. The molecule has 0 unspecified atom stereocenters. The fourth-order valence-electron chi connectivity index (χ4n) is 1.92. The molecule has 0 amide bonds. The monoisotopic (exact) mass is 311 g/mol. The lowest BCUT2D eigenvalue weighted by Crippen LogP contribution is -2.26. The average molecular weight is 311 g/mol. The Bertz CT molecular complexity index is 710. The van der Waals surface area contributed by atoms with E-state index in [4.69, 9.17) is 0 Å². The number of rotatable bonds is 7. The Morgan fingerprint density at radius 2 is 2.19 bits per heavy atom. The van der Waals surface area contributed by atoms with E-state index >= 15 is 0 Å². The maximum atomic E-state index is 11.3. The van der Waals surface area contributed by atoms with Crippen molar-refractivity contribution in [2.75, 3.05) is 42.4 Å². The van der Waals surface area contributed by atoms with Gasteiger partial charge in [0.15, 0.2) is 11.5 Å². The zero-order valence-electron chi connectivity index (χ0n) is 12.6. The Kier molecular flexibility index (Phi) is 4.66. The summed E-state index contributed by atoms with van der Waals surface area (Å²) >= 11 is 0. The van der Waals surface area contributed by atoms with E-state index in [1.54, 1.807) is 6.20 Å². The van der Waals surface area contributed by atoms with Crippen molar-refractivity contribution >= 4 is 27.1 Å². The van der Waals surface area contributed by atoms with Crippen LogP contribution in [0.4, 0.5) is 11.6 Å². The fourth-order valence-corrected chi connectivity index (χ4v) is 2.52. The molecule has 0 fully saturated rings. The van der Waals surface area contributed by atoms with Crippen LogP contribution in [0.3, 0.4) is 0 Å². The highest BCUT2D eigenvalue weighted by atomic mass is 32.2. The molecule has 2 aromatic heterocycles. The summed E-state index contributed by atoms with van der Waals surface area (Å²) in [6.07, 6.45) is 7.67. The maximum Gasteiger partial charge on any atom is 0.180 e. The van der Waals surface area contributed by atoms with E-state index in [-0.39, 0.29) is 5.75 Å². The molecule has 0 aromatic carbocycles. The first kappa shape index (κ1) is 15.6. The van der Waals surface area contributed by atoms with Crippen LogP contribution in [0.1, 0.15) is 13.3 Å². The minimum atomic E-state index is -3.00. The van der Waals surface area contributed by atoms with Gasteiger partial charge in [-0.05, 0) is 6.42 Å². The Hall–Kier alpha value is -1.83. The Morgan fingerprint density at radius 3 is 2.86 bits per heavy atom. The summed E-state index contributed by atoms with van der Waals surface area (Å²) in [5, 5.41) is 3.24. The molecule has 0 aliphatic heterocycles. The van der Waals surface area contributed by atoms with Crippen molar-refractivity contribution < 1.29 is 8.42 Å². The molecule has 2 aromatic rings. The Balaban J connectivity index is 2.29. The Labute approximate surface area is 124 Å². The molecule has 0 aliphatic rings. The quantitative estimate of drug-likeness (QED) is 0.823. The molecule has 21 heavy (non-hydrogen) atoms. The summed E-state index contributed by atoms with van der Waals surface area (Å²) in [5.41, 5.74) is 0.716. The van der Waals surface area contributed by atoms with E-state index in [1.165, 1.54) is 6.26 Å². The molecule has 0 bridgehead atoms. The minimum Gasteiger partial charge on any atom is -0.369 e. The van der Waals surface area contributed by atoms with Crippen LogP contribution in [-0.4, -0.2) is 54.9 Å². The number of nitrogens with one attached hydrogen (secondary N) is 1. The van der Waals surface area contributed by atoms with Crippen molar-refractivity contribution in [1.82, 2.24) is 14.4 Å². The number of aromatic nitrogens is 3. The Morgan fingerprint density at radius 1 is 1.43 bits per heavy atom. The number of fused-ring (bicyclic) bond motifs is 1. The van der Waals surface area contributed by atoms with Crippen molar-refractivity contribution in [1.29, 1.82) is 0 Å². The van der Waals surface area contributed by atoms with Crippen molar-refractivity contribution in [3.05, 3.63) is 18.6 Å². The number of hydrogen-bond donors (Lipinski definition) is 1. The largest absolute Gasteiger partial charge is 0.369 e. The topological polar surface area (TPSA) is 79.6 Å². The normalized spacial score (nSPS) is 11.8. The van der Waals surface area contributed by atoms with Gasteiger partial charge in [-0.3, -0.25) is 0 Å². The van der Waals surface area contributed by atoms with E-state index in [0.717, 1.165) is 18.8 Å². The van der Waals surface area contributed by atoms with Crippen LogP contribution in [0, 0.1) is 0 Å². The van der Waals surface area contributed by atoms with Crippen molar-refractivity contribution in [2.45, 2.75) is 13.3 Å². The lowest BCUT2D eigenvalue weighted by molar-refractivity contribution is 0.601. The molecule has 0 radical (unpaired) electrons. The van der Waals surface area contributed by atoms with Crippen LogP contribution in [-0.2, 0) is 9.84 Å². The standard InChI is InChI=1S/C13H21N5O2S/c1-4-5-14-11-10-18-7-6-15-12(18)13(16-11)17(2)8-9-21(3,19)20/h6-7,10,14H,4-5,8-9H2,1-3H3. The van der Waals surface area contributed by atoms with Crippen LogP contribution < -0.4 is 10.2 Å². The van der Waals surface area contributed by atoms with Crippen molar-refractivity contribution in [3.63, 3.8) is 0 Å². The molecule has 7 nitrogen and oxygen atoms in total. The third-order valence-electron chi connectivity index (χ3n) is 3.07. The van der Waals surface area contributed by atoms with Gasteiger partial charge in [0, 0.05) is 38.8 Å². The van der Waals surface area contributed by atoms with Crippen LogP contribution in [0.2, 0.25) is 0 Å². The van der Waals surface area contributed by atoms with Crippen LogP contribution in [0.15, 0.2) is 18.6 Å². The number of sulfone groups is 1. The zero-order chi connectivity index (χ0) is 15.5. The molecular weight excluding hydrogens is 290 g/mol. The maximum absolute atomic E-state index is 11.3. The zero-order valence-corrected chi connectivity index (χ0v) is 13.4. The second-order valence-electron chi connectivity index (χ2n) is 5.09. The minimum absolute atomic E-state index is 0.0880. The van der Waals surface area contributed by atoms with E-state index < -0.39 is 9.84 Å². The summed E-state index contributed by atoms with van der Waals surface area (Å²) in [6.45, 7) is 3.30. The molecule has 2 heterocycles. The first-order valence-electron chi connectivity index (χ1n) is 6.87. The summed E-state index contributed by atoms with van der Waals surface area (Å²) in [5.74, 6) is 1.51. The van der Waals surface area contributed by atoms with Gasteiger partial charge in [0.05, 0.1) is 11.9 Å². The van der Waals surface area contributed by atoms with Crippen LogP contribution in [0.25, 0.3) is 5.65 Å². The van der Waals surface area contributed by atoms with Gasteiger partial charge < -0.3 is 14.6 Å². The SMILES string of the molecule is CCCNc1cn2ccnc2c(N(C)CCS(C)(=O)=O)n1. The first-order valence-corrected chi connectivity index (χ1v) is 8.93. The first-order chi connectivity index (χ1) is 9.90. The molecule has 0 atom stereocenters. The third-order valence-corrected chi connectivity index (χ3v) is 4.00. The average Bonchev–Trinajstić information content (AvgIpc) is 2.89. The fraction of sp³-hybridized carbons (Fsp3) is 0.538. The van der Waals surface area contributed by atoms with Gasteiger partial charge in [0.25, 0.3) is 0 Å².